The van der Waals surface area contributed by atoms with Gasteiger partial charge in [-0.3, -0.25) is 4.79 Å². The van der Waals surface area contributed by atoms with Crippen LogP contribution in [0, 0.1) is 5.92 Å². The summed E-state index contributed by atoms with van der Waals surface area (Å²) in [6.07, 6.45) is 3.73. The maximum atomic E-state index is 11.6. The highest BCUT2D eigenvalue weighted by Gasteiger charge is 2.30. The van der Waals surface area contributed by atoms with Gasteiger partial charge in [-0.1, -0.05) is 13.8 Å². The van der Waals surface area contributed by atoms with Gasteiger partial charge in [0.15, 0.2) is 0 Å². The summed E-state index contributed by atoms with van der Waals surface area (Å²) >= 11 is 0. The zero-order valence-corrected chi connectivity index (χ0v) is 10.2. The molecule has 1 aliphatic carbocycles. The highest BCUT2D eigenvalue weighted by molar-refractivity contribution is 5.78. The minimum Gasteiger partial charge on any atom is -0.373 e. The molecule has 0 bridgehead atoms. The largest absolute Gasteiger partial charge is 0.373 e. The molecule has 3 nitrogen and oxygen atoms in total. The fourth-order valence-corrected chi connectivity index (χ4v) is 1.95. The zero-order chi connectivity index (χ0) is 11.4. The summed E-state index contributed by atoms with van der Waals surface area (Å²) < 4.78 is 5.79. The summed E-state index contributed by atoms with van der Waals surface area (Å²) in [5.74, 6) is 0.199. The maximum absolute atomic E-state index is 11.6. The van der Waals surface area contributed by atoms with Crippen LogP contribution >= 0.6 is 0 Å². The lowest BCUT2D eigenvalue weighted by Crippen LogP contribution is -2.43. The second-order valence-corrected chi connectivity index (χ2v) is 4.92. The van der Waals surface area contributed by atoms with Crippen LogP contribution < -0.4 is 5.32 Å². The molecule has 1 rings (SSSR count). The Morgan fingerprint density at radius 1 is 1.27 bits per heavy atom. The number of rotatable bonds is 4. The fraction of sp³-hybridized carbons (Fsp3) is 0.917. The smallest absolute Gasteiger partial charge is 0.222 e. The Kier molecular flexibility index (Phi) is 4.58. The van der Waals surface area contributed by atoms with Crippen LogP contribution in [0.4, 0.5) is 0 Å². The van der Waals surface area contributed by atoms with Crippen LogP contribution in [0.2, 0.25) is 0 Å². The van der Waals surface area contributed by atoms with E-state index < -0.39 is 0 Å². The summed E-state index contributed by atoms with van der Waals surface area (Å²) in [7, 11) is 0. The number of hydrogen-bond acceptors (Lipinski definition) is 2. The van der Waals surface area contributed by atoms with E-state index in [1.165, 1.54) is 0 Å². The zero-order valence-electron chi connectivity index (χ0n) is 10.2. The molecular weight excluding hydrogens is 190 g/mol. The van der Waals surface area contributed by atoms with Crippen LogP contribution in [0.25, 0.3) is 0 Å². The maximum Gasteiger partial charge on any atom is 0.222 e. The van der Waals surface area contributed by atoms with Gasteiger partial charge in [0.2, 0.25) is 5.91 Å². The molecule has 1 saturated carbocycles. The molecular formula is C12H23NO2. The van der Waals surface area contributed by atoms with Crippen LogP contribution in [-0.2, 0) is 9.53 Å². The number of hydrogen-bond donors (Lipinski definition) is 1. The second kappa shape index (κ2) is 5.50. The van der Waals surface area contributed by atoms with Crippen molar-refractivity contribution in [2.24, 2.45) is 5.92 Å². The van der Waals surface area contributed by atoms with Crippen molar-refractivity contribution in [1.29, 1.82) is 0 Å². The molecule has 0 heterocycles. The van der Waals surface area contributed by atoms with Crippen molar-refractivity contribution in [1.82, 2.24) is 5.32 Å². The lowest BCUT2D eigenvalue weighted by Gasteiger charge is -2.24. The average molecular weight is 213 g/mol. The molecule has 3 heteroatoms. The Morgan fingerprint density at radius 2 is 1.93 bits per heavy atom. The molecule has 0 aromatic carbocycles. The number of carbonyl (C=O) groups excluding carboxylic acids is 1. The molecule has 2 atom stereocenters. The van der Waals surface area contributed by atoms with Crippen molar-refractivity contribution >= 4 is 5.91 Å². The fourth-order valence-electron chi connectivity index (χ4n) is 1.95. The molecule has 0 spiro atoms. The van der Waals surface area contributed by atoms with Gasteiger partial charge in [0.1, 0.15) is 0 Å². The molecule has 0 aliphatic heterocycles. The number of nitrogens with one attached hydrogen (secondary N) is 1. The molecule has 88 valence electrons. The van der Waals surface area contributed by atoms with Crippen LogP contribution in [0.5, 0.6) is 0 Å². The van der Waals surface area contributed by atoms with E-state index in [1.54, 1.807) is 0 Å². The molecule has 1 amide bonds. The van der Waals surface area contributed by atoms with Gasteiger partial charge >= 0.3 is 0 Å². The summed E-state index contributed by atoms with van der Waals surface area (Å²) in [6, 6.07) is 0.224. The Labute approximate surface area is 92.6 Å². The Balaban J connectivity index is 2.42. The van der Waals surface area contributed by atoms with Gasteiger partial charge in [0, 0.05) is 5.92 Å². The molecule has 0 aromatic rings. The van der Waals surface area contributed by atoms with Crippen molar-refractivity contribution in [3.63, 3.8) is 0 Å². The first-order valence-corrected chi connectivity index (χ1v) is 5.96. The minimum atomic E-state index is 0.0605. The highest BCUT2D eigenvalue weighted by Crippen LogP contribution is 2.23. The van der Waals surface area contributed by atoms with E-state index in [2.05, 4.69) is 5.32 Å². The lowest BCUT2D eigenvalue weighted by molar-refractivity contribution is -0.126. The van der Waals surface area contributed by atoms with Gasteiger partial charge in [0.05, 0.1) is 18.2 Å². The van der Waals surface area contributed by atoms with E-state index in [-0.39, 0.29) is 30.1 Å². The van der Waals surface area contributed by atoms with Gasteiger partial charge in [0.25, 0.3) is 0 Å². The summed E-state index contributed by atoms with van der Waals surface area (Å²) in [6.45, 7) is 7.92. The van der Waals surface area contributed by atoms with E-state index in [9.17, 15) is 4.79 Å². The van der Waals surface area contributed by atoms with Gasteiger partial charge in [-0.05, 0) is 33.1 Å². The SMILES string of the molecule is CC(C)OC1CCCC1NC(=O)C(C)C. The van der Waals surface area contributed by atoms with Crippen LogP contribution in [0.3, 0.4) is 0 Å². The Hall–Kier alpha value is -0.570. The van der Waals surface area contributed by atoms with Gasteiger partial charge < -0.3 is 10.1 Å². The minimum absolute atomic E-state index is 0.0605. The van der Waals surface area contributed by atoms with Gasteiger partial charge in [-0.25, -0.2) is 0 Å². The average Bonchev–Trinajstić information content (AvgIpc) is 2.51. The van der Waals surface area contributed by atoms with Crippen molar-refractivity contribution in [3.05, 3.63) is 0 Å². The first-order valence-electron chi connectivity index (χ1n) is 5.96. The number of carbonyl (C=O) groups is 1. The summed E-state index contributed by atoms with van der Waals surface area (Å²) in [4.78, 5) is 11.6. The quantitative estimate of drug-likeness (QED) is 0.776. The number of amides is 1. The molecule has 15 heavy (non-hydrogen) atoms. The second-order valence-electron chi connectivity index (χ2n) is 4.92. The normalized spacial score (nSPS) is 26.3. The van der Waals surface area contributed by atoms with Crippen LogP contribution in [0.15, 0.2) is 0 Å². The van der Waals surface area contributed by atoms with Crippen molar-refractivity contribution in [2.75, 3.05) is 0 Å². The molecule has 0 radical (unpaired) electrons. The van der Waals surface area contributed by atoms with E-state index in [0.717, 1.165) is 19.3 Å². The Bertz CT molecular complexity index is 214. The van der Waals surface area contributed by atoms with Crippen LogP contribution in [0.1, 0.15) is 47.0 Å². The van der Waals surface area contributed by atoms with E-state index in [1.807, 2.05) is 27.7 Å². The van der Waals surface area contributed by atoms with Gasteiger partial charge in [-0.2, -0.15) is 0 Å². The third-order valence-corrected chi connectivity index (χ3v) is 2.75. The van der Waals surface area contributed by atoms with Crippen LogP contribution in [-0.4, -0.2) is 24.2 Å². The first-order chi connectivity index (χ1) is 7.00. The first kappa shape index (κ1) is 12.5. The molecule has 0 saturated heterocycles. The third kappa shape index (κ3) is 3.82. The van der Waals surface area contributed by atoms with E-state index in [0.29, 0.717) is 0 Å². The predicted molar refractivity (Wildman–Crippen MR) is 60.6 cm³/mol. The molecule has 0 aromatic heterocycles. The molecule has 1 aliphatic rings. The molecule has 1 N–H and O–H groups in total. The van der Waals surface area contributed by atoms with Crippen molar-refractivity contribution in [2.45, 2.75) is 65.2 Å². The summed E-state index contributed by atoms with van der Waals surface area (Å²) in [5.41, 5.74) is 0. The monoisotopic (exact) mass is 213 g/mol. The highest BCUT2D eigenvalue weighted by atomic mass is 16.5. The predicted octanol–water partition coefficient (Wildman–Crippen LogP) is 2.10. The topological polar surface area (TPSA) is 38.3 Å². The summed E-state index contributed by atoms with van der Waals surface area (Å²) in [5, 5.41) is 3.07. The van der Waals surface area contributed by atoms with Crippen molar-refractivity contribution in [3.8, 4) is 0 Å². The number of ether oxygens (including phenoxy) is 1. The standard InChI is InChI=1S/C12H23NO2/c1-8(2)12(14)13-10-6-5-7-11(10)15-9(3)4/h8-11H,5-7H2,1-4H3,(H,13,14). The van der Waals surface area contributed by atoms with Crippen molar-refractivity contribution < 1.29 is 9.53 Å². The van der Waals surface area contributed by atoms with E-state index in [4.69, 9.17) is 4.74 Å². The molecule has 2 unspecified atom stereocenters. The molecule has 1 fully saturated rings. The lowest BCUT2D eigenvalue weighted by atomic mass is 10.1. The third-order valence-electron chi connectivity index (χ3n) is 2.75. The van der Waals surface area contributed by atoms with E-state index >= 15 is 0 Å². The van der Waals surface area contributed by atoms with Gasteiger partial charge in [-0.15, -0.1) is 0 Å². The Morgan fingerprint density at radius 3 is 2.47 bits per heavy atom.